The summed E-state index contributed by atoms with van der Waals surface area (Å²) in [6, 6.07) is 3.17. The smallest absolute Gasteiger partial charge is 0.324 e. The Bertz CT molecular complexity index is 740. The van der Waals surface area contributed by atoms with Crippen LogP contribution in [0, 0.1) is 27.3 Å². The third kappa shape index (κ3) is 2.44. The summed E-state index contributed by atoms with van der Waals surface area (Å²) in [7, 11) is 0. The van der Waals surface area contributed by atoms with Crippen LogP contribution >= 0.6 is 0 Å². The highest BCUT2D eigenvalue weighted by atomic mass is 19.1. The van der Waals surface area contributed by atoms with Gasteiger partial charge in [0.1, 0.15) is 11.9 Å². The highest BCUT2D eigenvalue weighted by Crippen LogP contribution is 2.45. The summed E-state index contributed by atoms with van der Waals surface area (Å²) in [6.45, 7) is 1.48. The van der Waals surface area contributed by atoms with E-state index in [1.807, 2.05) is 0 Å². The van der Waals surface area contributed by atoms with Crippen LogP contribution in [0.25, 0.3) is 0 Å². The summed E-state index contributed by atoms with van der Waals surface area (Å²) >= 11 is 0. The average molecular weight is 320 g/mol. The molecule has 0 bridgehead atoms. The normalized spacial score (nSPS) is 20.1. The molecule has 1 aromatic carbocycles. The second kappa shape index (κ2) is 6.12. The van der Waals surface area contributed by atoms with Gasteiger partial charge in [-0.15, -0.1) is 0 Å². The Morgan fingerprint density at radius 2 is 2.26 bits per heavy atom. The Labute approximate surface area is 130 Å². The molecule has 1 aromatic rings. The highest BCUT2D eigenvalue weighted by molar-refractivity contribution is 6.12. The second-order valence-corrected chi connectivity index (χ2v) is 5.09. The minimum Gasteiger partial charge on any atom is -0.465 e. The van der Waals surface area contributed by atoms with Crippen molar-refractivity contribution in [3.63, 3.8) is 0 Å². The lowest BCUT2D eigenvalue weighted by atomic mass is 9.75. The summed E-state index contributed by atoms with van der Waals surface area (Å²) in [5, 5.41) is 20.5. The van der Waals surface area contributed by atoms with Gasteiger partial charge in [0, 0.05) is 12.5 Å². The Morgan fingerprint density at radius 3 is 2.74 bits per heavy atom. The van der Waals surface area contributed by atoms with Gasteiger partial charge in [-0.05, 0) is 25.8 Å². The number of nitrogens with zero attached hydrogens (tertiary/aromatic N) is 2. The van der Waals surface area contributed by atoms with Crippen LogP contribution in [0.15, 0.2) is 12.1 Å². The molecule has 7 nitrogen and oxygen atoms in total. The van der Waals surface area contributed by atoms with Gasteiger partial charge in [-0.25, -0.2) is 4.39 Å². The van der Waals surface area contributed by atoms with Gasteiger partial charge in [0.05, 0.1) is 22.7 Å². The van der Waals surface area contributed by atoms with E-state index in [0.29, 0.717) is 6.42 Å². The number of benzene rings is 1. The molecule has 1 atom stereocenters. The molecule has 0 saturated heterocycles. The van der Waals surface area contributed by atoms with Crippen molar-refractivity contribution in [3.05, 3.63) is 39.2 Å². The van der Waals surface area contributed by atoms with Gasteiger partial charge in [-0.2, -0.15) is 5.26 Å². The minimum absolute atomic E-state index is 0.0113. The first-order chi connectivity index (χ1) is 10.9. The van der Waals surface area contributed by atoms with Crippen LogP contribution in [-0.2, 0) is 19.7 Å². The Morgan fingerprint density at radius 1 is 1.57 bits per heavy atom. The zero-order valence-electron chi connectivity index (χ0n) is 12.3. The SMILES string of the molecule is CCOC(=O)[C@]1(c2c([N+](=O)[O-])ccc(F)c2C#N)CCCC1=O. The number of carbonyl (C=O) groups excluding carboxylic acids is 2. The maximum Gasteiger partial charge on any atom is 0.324 e. The number of hydrogen-bond acceptors (Lipinski definition) is 6. The van der Waals surface area contributed by atoms with E-state index in [-0.39, 0.29) is 19.4 Å². The first-order valence-corrected chi connectivity index (χ1v) is 6.98. The van der Waals surface area contributed by atoms with E-state index in [2.05, 4.69) is 0 Å². The van der Waals surface area contributed by atoms with Crippen LogP contribution in [0.5, 0.6) is 0 Å². The first kappa shape index (κ1) is 16.5. The third-order valence-corrected chi connectivity index (χ3v) is 3.92. The number of hydrogen-bond donors (Lipinski definition) is 0. The second-order valence-electron chi connectivity index (χ2n) is 5.09. The van der Waals surface area contributed by atoms with Crippen molar-refractivity contribution in [2.75, 3.05) is 6.61 Å². The van der Waals surface area contributed by atoms with Crippen LogP contribution < -0.4 is 0 Å². The number of halogens is 1. The van der Waals surface area contributed by atoms with Crippen molar-refractivity contribution in [2.45, 2.75) is 31.6 Å². The lowest BCUT2D eigenvalue weighted by Crippen LogP contribution is -2.42. The number of nitriles is 1. The van der Waals surface area contributed by atoms with Crippen LogP contribution in [-0.4, -0.2) is 23.3 Å². The van der Waals surface area contributed by atoms with E-state index in [1.165, 1.54) is 13.0 Å². The number of nitro benzene ring substituents is 1. The fourth-order valence-electron chi connectivity index (χ4n) is 2.96. The molecule has 2 rings (SSSR count). The number of rotatable bonds is 4. The number of nitro groups is 1. The van der Waals surface area contributed by atoms with Gasteiger partial charge >= 0.3 is 5.97 Å². The number of ketones is 1. The van der Waals surface area contributed by atoms with Crippen molar-refractivity contribution < 1.29 is 23.6 Å². The van der Waals surface area contributed by atoms with E-state index < -0.39 is 44.7 Å². The van der Waals surface area contributed by atoms with E-state index >= 15 is 0 Å². The van der Waals surface area contributed by atoms with Crippen LogP contribution in [0.2, 0.25) is 0 Å². The Hall–Kier alpha value is -2.82. The monoisotopic (exact) mass is 320 g/mol. The standard InChI is InChI=1S/C15H13FN2O5/c1-2-23-14(20)15(7-3-4-12(15)19)13-9(8-17)10(16)5-6-11(13)18(21)22/h5-6H,2-4,7H2,1H3/t15-/m1/s1. The zero-order chi connectivity index (χ0) is 17.2. The molecule has 1 aliphatic carbocycles. The lowest BCUT2D eigenvalue weighted by molar-refractivity contribution is -0.386. The zero-order valence-corrected chi connectivity index (χ0v) is 12.3. The molecule has 0 aromatic heterocycles. The van der Waals surface area contributed by atoms with E-state index in [4.69, 9.17) is 4.74 Å². The predicted octanol–water partition coefficient (Wildman–Crippen LogP) is 2.16. The van der Waals surface area contributed by atoms with Crippen molar-refractivity contribution in [2.24, 2.45) is 0 Å². The summed E-state index contributed by atoms with van der Waals surface area (Å²) in [6.07, 6.45) is 0.261. The molecule has 0 spiro atoms. The van der Waals surface area contributed by atoms with Crippen LogP contribution in [0.1, 0.15) is 37.3 Å². The van der Waals surface area contributed by atoms with Gasteiger partial charge in [-0.3, -0.25) is 19.7 Å². The fourth-order valence-corrected chi connectivity index (χ4v) is 2.96. The van der Waals surface area contributed by atoms with E-state index in [9.17, 15) is 29.4 Å². The predicted molar refractivity (Wildman–Crippen MR) is 74.9 cm³/mol. The van der Waals surface area contributed by atoms with Gasteiger partial charge in [0.25, 0.3) is 5.69 Å². The first-order valence-electron chi connectivity index (χ1n) is 6.98. The summed E-state index contributed by atoms with van der Waals surface area (Å²) in [5.41, 5.74) is -3.79. The Kier molecular flexibility index (Phi) is 4.40. The van der Waals surface area contributed by atoms with Crippen molar-refractivity contribution in [1.82, 2.24) is 0 Å². The van der Waals surface area contributed by atoms with Gasteiger partial charge in [0.2, 0.25) is 0 Å². The molecular weight excluding hydrogens is 307 g/mol. The highest BCUT2D eigenvalue weighted by Gasteiger charge is 2.56. The molecule has 8 heteroatoms. The number of ether oxygens (including phenoxy) is 1. The van der Waals surface area contributed by atoms with Crippen molar-refractivity contribution in [3.8, 4) is 6.07 Å². The van der Waals surface area contributed by atoms with Crippen molar-refractivity contribution in [1.29, 1.82) is 5.26 Å². The molecule has 0 N–H and O–H groups in total. The van der Waals surface area contributed by atoms with E-state index in [1.54, 1.807) is 0 Å². The summed E-state index contributed by atoms with van der Waals surface area (Å²) < 4.78 is 18.9. The third-order valence-electron chi connectivity index (χ3n) is 3.92. The number of Topliss-reactive ketones (excluding diaryl/α,β-unsaturated/α-hetero) is 1. The summed E-state index contributed by atoms with van der Waals surface area (Å²) in [4.78, 5) is 35.3. The molecule has 1 aliphatic rings. The average Bonchev–Trinajstić information content (AvgIpc) is 2.89. The molecule has 0 unspecified atom stereocenters. The molecule has 0 amide bonds. The summed E-state index contributed by atoms with van der Waals surface area (Å²) in [5.74, 6) is -2.59. The van der Waals surface area contributed by atoms with Crippen LogP contribution in [0.4, 0.5) is 10.1 Å². The van der Waals surface area contributed by atoms with Crippen molar-refractivity contribution >= 4 is 17.4 Å². The molecule has 0 heterocycles. The number of esters is 1. The lowest BCUT2D eigenvalue weighted by Gasteiger charge is -2.26. The molecule has 23 heavy (non-hydrogen) atoms. The van der Waals surface area contributed by atoms with E-state index in [0.717, 1.165) is 12.1 Å². The quantitative estimate of drug-likeness (QED) is 0.364. The molecule has 1 fully saturated rings. The maximum absolute atomic E-state index is 14.0. The maximum atomic E-state index is 14.0. The Balaban J connectivity index is 2.86. The fraction of sp³-hybridized carbons (Fsp3) is 0.400. The molecule has 120 valence electrons. The number of carbonyl (C=O) groups is 2. The van der Waals surface area contributed by atoms with Gasteiger partial charge in [-0.1, -0.05) is 0 Å². The van der Waals surface area contributed by atoms with Gasteiger partial charge < -0.3 is 4.74 Å². The largest absolute Gasteiger partial charge is 0.465 e. The molecule has 0 radical (unpaired) electrons. The topological polar surface area (TPSA) is 110 Å². The van der Waals surface area contributed by atoms with Crippen LogP contribution in [0.3, 0.4) is 0 Å². The molecular formula is C15H13FN2O5. The molecule has 0 aliphatic heterocycles. The molecule has 1 saturated carbocycles. The van der Waals surface area contributed by atoms with Gasteiger partial charge in [0.15, 0.2) is 11.2 Å². The minimum atomic E-state index is -1.99.